The van der Waals surface area contributed by atoms with E-state index < -0.39 is 84.9 Å². The van der Waals surface area contributed by atoms with E-state index >= 15 is 0 Å². The third-order valence-electron chi connectivity index (χ3n) is 8.36. The molecule has 0 aliphatic heterocycles. The highest BCUT2D eigenvalue weighted by Crippen LogP contribution is 2.15. The van der Waals surface area contributed by atoms with Crippen molar-refractivity contribution in [1.82, 2.24) is 26.6 Å². The minimum atomic E-state index is -1.35. The fourth-order valence-corrected chi connectivity index (χ4v) is 5.71. The van der Waals surface area contributed by atoms with Gasteiger partial charge in [-0.2, -0.15) is 0 Å². The summed E-state index contributed by atoms with van der Waals surface area (Å²) >= 11 is 0. The fraction of sp³-hybridized carbons (Fsp3) is 0.684. The van der Waals surface area contributed by atoms with E-state index in [9.17, 15) is 39.0 Å². The van der Waals surface area contributed by atoms with Gasteiger partial charge in [0.1, 0.15) is 18.1 Å². The monoisotopic (exact) mass is 733 g/mol. The predicted molar refractivity (Wildman–Crippen MR) is 198 cm³/mol. The zero-order valence-electron chi connectivity index (χ0n) is 32.3. The highest BCUT2D eigenvalue weighted by Gasteiger charge is 2.33. The summed E-state index contributed by atoms with van der Waals surface area (Å²) in [5.41, 5.74) is 0.828. The SMILES string of the molecule is CC(C)CC(=O)N[C@@H](Cc1ccccc1)C(=O)N[C@H](C(=O)N[C@@H](CC(C)C)[C@@H](O)CC(=O)N[C@@H](C)C(=O)N[C@@H](CC(C)C)[C@@H](O)CC(=O)O)C(C)C. The van der Waals surface area contributed by atoms with Crippen LogP contribution >= 0.6 is 0 Å². The Morgan fingerprint density at radius 1 is 0.577 bits per heavy atom. The molecule has 7 atom stereocenters. The van der Waals surface area contributed by atoms with Gasteiger partial charge in [-0.1, -0.05) is 85.7 Å². The number of nitrogens with one attached hydrogen (secondary N) is 5. The van der Waals surface area contributed by atoms with Gasteiger partial charge in [0.2, 0.25) is 29.5 Å². The number of aliphatic hydroxyl groups is 2. The smallest absolute Gasteiger partial charge is 0.306 e. The van der Waals surface area contributed by atoms with Crippen LogP contribution in [0.15, 0.2) is 30.3 Å². The van der Waals surface area contributed by atoms with E-state index in [-0.39, 0.29) is 42.4 Å². The van der Waals surface area contributed by atoms with Crippen molar-refractivity contribution >= 4 is 35.5 Å². The molecule has 8 N–H and O–H groups in total. The van der Waals surface area contributed by atoms with Crippen molar-refractivity contribution in [3.05, 3.63) is 35.9 Å². The number of benzene rings is 1. The van der Waals surface area contributed by atoms with Crippen LogP contribution in [0.4, 0.5) is 0 Å². The summed E-state index contributed by atoms with van der Waals surface area (Å²) in [5, 5.41) is 44.1. The zero-order valence-corrected chi connectivity index (χ0v) is 32.3. The molecule has 0 saturated heterocycles. The van der Waals surface area contributed by atoms with Crippen molar-refractivity contribution in [2.45, 2.75) is 143 Å². The number of carbonyl (C=O) groups is 6. The maximum atomic E-state index is 13.7. The van der Waals surface area contributed by atoms with E-state index in [0.29, 0.717) is 12.8 Å². The summed E-state index contributed by atoms with van der Waals surface area (Å²) in [6.45, 7) is 16.2. The summed E-state index contributed by atoms with van der Waals surface area (Å²) in [4.78, 5) is 77.0. The van der Waals surface area contributed by atoms with Gasteiger partial charge >= 0.3 is 5.97 Å². The number of amides is 5. The van der Waals surface area contributed by atoms with Gasteiger partial charge in [0.15, 0.2) is 0 Å². The topological polar surface area (TPSA) is 223 Å². The number of hydrogen-bond donors (Lipinski definition) is 8. The van der Waals surface area contributed by atoms with Crippen LogP contribution in [0.2, 0.25) is 0 Å². The Morgan fingerprint density at radius 2 is 1.08 bits per heavy atom. The molecule has 14 nitrogen and oxygen atoms in total. The van der Waals surface area contributed by atoms with Gasteiger partial charge in [0.05, 0.1) is 37.1 Å². The predicted octanol–water partition coefficient (Wildman–Crippen LogP) is 2.05. The first-order valence-electron chi connectivity index (χ1n) is 18.3. The lowest BCUT2D eigenvalue weighted by Gasteiger charge is -2.30. The largest absolute Gasteiger partial charge is 0.481 e. The zero-order chi connectivity index (χ0) is 39.7. The first kappa shape index (κ1) is 46.0. The summed E-state index contributed by atoms with van der Waals surface area (Å²) in [6, 6.07) is 4.44. The molecular weight excluding hydrogens is 670 g/mol. The molecule has 0 aromatic heterocycles. The molecule has 0 saturated carbocycles. The van der Waals surface area contributed by atoms with Crippen molar-refractivity contribution in [2.75, 3.05) is 0 Å². The number of hydrogen-bond acceptors (Lipinski definition) is 8. The Hall–Kier alpha value is -4.04. The maximum Gasteiger partial charge on any atom is 0.306 e. The van der Waals surface area contributed by atoms with Gasteiger partial charge in [0, 0.05) is 12.8 Å². The van der Waals surface area contributed by atoms with Crippen LogP contribution in [-0.4, -0.2) is 93.2 Å². The van der Waals surface area contributed by atoms with Crippen molar-refractivity contribution in [3.63, 3.8) is 0 Å². The minimum absolute atomic E-state index is 0.00125. The second-order valence-corrected chi connectivity index (χ2v) is 15.4. The molecular formula is C38H63N5O9. The molecule has 294 valence electrons. The van der Waals surface area contributed by atoms with Crippen LogP contribution in [0.3, 0.4) is 0 Å². The molecule has 1 rings (SSSR count). The van der Waals surface area contributed by atoms with Crippen LogP contribution in [0, 0.1) is 23.7 Å². The first-order chi connectivity index (χ1) is 24.2. The Labute approximate surface area is 308 Å². The van der Waals surface area contributed by atoms with Crippen molar-refractivity contribution in [2.24, 2.45) is 23.7 Å². The van der Waals surface area contributed by atoms with E-state index in [1.54, 1.807) is 13.8 Å². The van der Waals surface area contributed by atoms with Crippen LogP contribution in [0.25, 0.3) is 0 Å². The van der Waals surface area contributed by atoms with Gasteiger partial charge in [-0.15, -0.1) is 0 Å². The Kier molecular flexibility index (Phi) is 20.2. The standard InChI is InChI=1S/C38H63N5O9/c1-21(2)15-27(30(44)19-33(47)39-25(9)36(50)41-28(16-22(3)4)31(45)20-34(48)49)42-38(52)35(24(7)8)43-37(51)29(40-32(46)17-23(5)6)18-26-13-11-10-12-14-26/h10-14,21-25,27-31,35,44-45H,15-20H2,1-9H3,(H,39,47)(H,40,46)(H,41,50)(H,42,52)(H,43,51)(H,48,49)/t25-,27-,28-,29-,30-,31-,35-/m0/s1. The average molecular weight is 734 g/mol. The lowest BCUT2D eigenvalue weighted by molar-refractivity contribution is -0.140. The highest BCUT2D eigenvalue weighted by atomic mass is 16.4. The fourth-order valence-electron chi connectivity index (χ4n) is 5.71. The van der Waals surface area contributed by atoms with Crippen LogP contribution < -0.4 is 26.6 Å². The molecule has 1 aromatic carbocycles. The van der Waals surface area contributed by atoms with Gasteiger partial charge in [-0.25, -0.2) is 0 Å². The molecule has 0 radical (unpaired) electrons. The normalized spacial score (nSPS) is 15.6. The molecule has 5 amide bonds. The molecule has 0 aliphatic rings. The van der Waals surface area contributed by atoms with Crippen molar-refractivity contribution in [3.8, 4) is 0 Å². The average Bonchev–Trinajstić information content (AvgIpc) is 3.01. The van der Waals surface area contributed by atoms with Crippen LogP contribution in [-0.2, 0) is 35.2 Å². The van der Waals surface area contributed by atoms with E-state index in [2.05, 4.69) is 26.6 Å². The van der Waals surface area contributed by atoms with Crippen LogP contribution in [0.1, 0.15) is 100.0 Å². The van der Waals surface area contributed by atoms with Crippen molar-refractivity contribution in [1.29, 1.82) is 0 Å². The minimum Gasteiger partial charge on any atom is -0.481 e. The number of carboxylic acid groups (broad SMARTS) is 1. The Bertz CT molecular complexity index is 1300. The molecule has 14 heteroatoms. The number of aliphatic hydroxyl groups excluding tert-OH is 2. The number of carboxylic acids is 1. The van der Waals surface area contributed by atoms with Gasteiger partial charge < -0.3 is 41.9 Å². The highest BCUT2D eigenvalue weighted by molar-refractivity contribution is 5.92. The Balaban J connectivity index is 3.03. The Morgan fingerprint density at radius 3 is 1.56 bits per heavy atom. The summed E-state index contributed by atoms with van der Waals surface area (Å²) in [5.74, 6) is -4.16. The molecule has 0 heterocycles. The second-order valence-electron chi connectivity index (χ2n) is 15.4. The molecule has 0 spiro atoms. The summed E-state index contributed by atoms with van der Waals surface area (Å²) < 4.78 is 0. The van der Waals surface area contributed by atoms with Gasteiger partial charge in [-0.3, -0.25) is 28.8 Å². The molecule has 0 fully saturated rings. The first-order valence-corrected chi connectivity index (χ1v) is 18.3. The summed E-state index contributed by atoms with van der Waals surface area (Å²) in [7, 11) is 0. The lowest BCUT2D eigenvalue weighted by atomic mass is 9.95. The van der Waals surface area contributed by atoms with E-state index in [1.165, 1.54) is 6.92 Å². The van der Waals surface area contributed by atoms with E-state index in [4.69, 9.17) is 5.11 Å². The molecule has 52 heavy (non-hydrogen) atoms. The lowest BCUT2D eigenvalue weighted by Crippen LogP contribution is -2.58. The number of carbonyl (C=O) groups excluding carboxylic acids is 5. The van der Waals surface area contributed by atoms with E-state index in [0.717, 1.165) is 5.56 Å². The quantitative estimate of drug-likeness (QED) is 0.0823. The molecule has 0 unspecified atom stereocenters. The van der Waals surface area contributed by atoms with E-state index in [1.807, 2.05) is 71.9 Å². The second kappa shape index (κ2) is 22.8. The summed E-state index contributed by atoms with van der Waals surface area (Å²) in [6.07, 6.45) is -2.63. The van der Waals surface area contributed by atoms with Gasteiger partial charge in [-0.05, 0) is 49.0 Å². The number of aliphatic carboxylic acids is 1. The molecule has 0 bridgehead atoms. The number of rotatable bonds is 23. The van der Waals surface area contributed by atoms with Crippen molar-refractivity contribution < 1.29 is 44.1 Å². The van der Waals surface area contributed by atoms with Gasteiger partial charge in [0.25, 0.3) is 0 Å². The maximum absolute atomic E-state index is 13.7. The third kappa shape index (κ3) is 17.9. The molecule has 1 aromatic rings. The molecule has 0 aliphatic carbocycles. The third-order valence-corrected chi connectivity index (χ3v) is 8.36. The van der Waals surface area contributed by atoms with Crippen LogP contribution in [0.5, 0.6) is 0 Å².